The van der Waals surface area contributed by atoms with Crippen LogP contribution in [0.3, 0.4) is 0 Å². The number of halogens is 2. The van der Waals surface area contributed by atoms with Gasteiger partial charge >= 0.3 is 27.0 Å². The Bertz CT molecular complexity index is 4020. The zero-order chi connectivity index (χ0) is 62.7. The third-order valence-corrected chi connectivity index (χ3v) is 17.7. The van der Waals surface area contributed by atoms with E-state index in [0.29, 0.717) is 43.8 Å². The number of benzene rings is 6. The highest BCUT2D eigenvalue weighted by Gasteiger charge is 2.49. The molecule has 0 saturated carbocycles. The summed E-state index contributed by atoms with van der Waals surface area (Å²) in [7, 11) is -6.76. The highest BCUT2D eigenvalue weighted by Crippen LogP contribution is 2.56. The molecular formula is C62H58Cl2N6O17P2. The predicted octanol–water partition coefficient (Wildman–Crippen LogP) is 11.4. The van der Waals surface area contributed by atoms with Gasteiger partial charge in [0.25, 0.3) is 11.5 Å². The van der Waals surface area contributed by atoms with Crippen LogP contribution in [0.1, 0.15) is 64.3 Å². The van der Waals surface area contributed by atoms with Crippen LogP contribution in [0, 0.1) is 18.3 Å². The number of methoxy groups -OCH3 is 2. The first kappa shape index (κ1) is 63.8. The number of rotatable bonds is 26. The van der Waals surface area contributed by atoms with Crippen molar-refractivity contribution < 1.29 is 64.8 Å². The third kappa shape index (κ3) is 15.5. The summed E-state index contributed by atoms with van der Waals surface area (Å²) >= 11 is 12.5. The Labute approximate surface area is 519 Å². The molecule has 89 heavy (non-hydrogen) atoms. The quantitative estimate of drug-likeness (QED) is 0.0289. The summed E-state index contributed by atoms with van der Waals surface area (Å²) in [6.45, 7) is -0.00657. The van der Waals surface area contributed by atoms with Gasteiger partial charge in [0.2, 0.25) is 0 Å². The molecule has 2 N–H and O–H groups in total. The number of nitriles is 1. The first-order valence-electron chi connectivity index (χ1n) is 27.7. The van der Waals surface area contributed by atoms with Crippen molar-refractivity contribution in [2.24, 2.45) is 0 Å². The zero-order valence-corrected chi connectivity index (χ0v) is 51.1. The lowest BCUT2D eigenvalue weighted by atomic mass is 9.80. The average Bonchev–Trinajstić information content (AvgIpc) is 1.29. The van der Waals surface area contributed by atoms with Crippen molar-refractivity contribution in [1.29, 1.82) is 5.26 Å². The maximum Gasteiger partial charge on any atom is 0.530 e. The van der Waals surface area contributed by atoms with Gasteiger partial charge in [-0.1, -0.05) is 96.0 Å². The number of aromatic nitrogens is 4. The Morgan fingerprint density at radius 3 is 1.70 bits per heavy atom. The number of carbonyl (C=O) groups is 1. The lowest BCUT2D eigenvalue weighted by molar-refractivity contribution is -0.0949. The number of aromatic amines is 1. The molecule has 6 aromatic carbocycles. The number of amides is 1. The number of hydrogen-bond acceptors (Lipinski definition) is 19. The number of nitrogens with one attached hydrogen (secondary N) is 2. The molecule has 2 saturated heterocycles. The summed E-state index contributed by atoms with van der Waals surface area (Å²) in [5.74, 6) is 0.502. The number of hydrogen-bond donors (Lipinski definition) is 2. The van der Waals surface area contributed by atoms with Crippen molar-refractivity contribution in [3.05, 3.63) is 245 Å². The SMILES string of the molecule is COc1ccc(C(OC[C@H]2O[C@@H](n3cc(C)c(=O)[nH]c3=O)C[C@@H]2OP(=O)(OC[C@H]2O[C@@H](n3ccc(NC(=O)c4ccccc4)nc3=O)C[C@@H]2OP(=O)(OCCC#N)Oc2ccc(Cl)cc2)Oc2ccc(Cl)cc2)(c2ccccc2)c2ccc(OC)cc2)cc1. The topological polar surface area (TPSA) is 278 Å². The molecule has 0 radical (unpaired) electrons. The summed E-state index contributed by atoms with van der Waals surface area (Å²) in [5, 5.41) is 12.7. The molecule has 2 aromatic heterocycles. The van der Waals surface area contributed by atoms with Gasteiger partial charge in [-0.3, -0.25) is 41.8 Å². The van der Waals surface area contributed by atoms with Crippen molar-refractivity contribution in [3.8, 4) is 29.1 Å². The summed E-state index contributed by atoms with van der Waals surface area (Å²) in [6, 6.07) is 47.1. The van der Waals surface area contributed by atoms with E-state index < -0.39 is 94.2 Å². The predicted molar refractivity (Wildman–Crippen MR) is 326 cm³/mol. The van der Waals surface area contributed by atoms with E-state index in [1.54, 1.807) is 68.8 Å². The largest absolute Gasteiger partial charge is 0.530 e. The van der Waals surface area contributed by atoms with Gasteiger partial charge in [-0.05, 0) is 115 Å². The zero-order valence-electron chi connectivity index (χ0n) is 47.8. The molecule has 10 rings (SSSR count). The van der Waals surface area contributed by atoms with Crippen molar-refractivity contribution in [3.63, 3.8) is 0 Å². The molecule has 2 aliphatic heterocycles. The summed E-state index contributed by atoms with van der Waals surface area (Å²) < 4.78 is 101. The van der Waals surface area contributed by atoms with Crippen LogP contribution in [0.4, 0.5) is 5.82 Å². The number of anilines is 1. The van der Waals surface area contributed by atoms with Gasteiger partial charge in [-0.15, -0.1) is 0 Å². The molecule has 462 valence electrons. The minimum absolute atomic E-state index is 0.00435. The average molecular weight is 1290 g/mol. The molecule has 2 unspecified atom stereocenters. The molecule has 2 aliphatic rings. The smallest absolute Gasteiger partial charge is 0.497 e. The maximum atomic E-state index is 15.9. The highest BCUT2D eigenvalue weighted by atomic mass is 35.5. The number of nitrogens with zero attached hydrogens (tertiary/aromatic N) is 4. The Morgan fingerprint density at radius 1 is 0.674 bits per heavy atom. The number of H-pyrrole nitrogens is 1. The van der Waals surface area contributed by atoms with Gasteiger partial charge in [-0.2, -0.15) is 10.2 Å². The molecule has 2 fully saturated rings. The van der Waals surface area contributed by atoms with Crippen molar-refractivity contribution >= 4 is 50.6 Å². The van der Waals surface area contributed by atoms with E-state index in [9.17, 15) is 29.0 Å². The Hall–Kier alpha value is -8.20. The Balaban J connectivity index is 1.01. The summed E-state index contributed by atoms with van der Waals surface area (Å²) in [4.78, 5) is 59.7. The van der Waals surface area contributed by atoms with Crippen LogP contribution in [0.25, 0.3) is 0 Å². The Kier molecular flexibility index (Phi) is 20.5. The van der Waals surface area contributed by atoms with Gasteiger partial charge in [0.15, 0.2) is 0 Å². The lowest BCUT2D eigenvalue weighted by Crippen LogP contribution is -2.38. The van der Waals surface area contributed by atoms with Gasteiger partial charge in [0.1, 0.15) is 71.3 Å². The van der Waals surface area contributed by atoms with Gasteiger partial charge < -0.3 is 38.0 Å². The van der Waals surface area contributed by atoms with Crippen LogP contribution in [0.15, 0.2) is 191 Å². The van der Waals surface area contributed by atoms with E-state index in [1.165, 1.54) is 78.5 Å². The molecular weight excluding hydrogens is 1230 g/mol. The standard InChI is InChI=1S/C62H58Cl2N6O17P2/c1-40-37-70(61(74)68-58(40)71)57-36-51(53(82-57)38-79-62(42-13-8-5-9-14-42,43-15-23-47(77-2)24-16-43)44-17-25-48(78-3)26-18-44)87-89(76,85-50-29-21-46(64)22-30-50)81-39-54-52(86-88(75,80-34-10-32-65)84-49-27-19-45(63)20-28-49)35-56(83-54)69-33-31-55(67-60(69)73)66-59(72)41-11-6-4-7-12-41/h4-9,11-31,33,37,51-54,56-57H,10,34-36,38-39H2,1-3H3,(H,68,71,74)(H,66,67,72,73)/t51-,52-,53+,54+,56+,57+,88?,89?/m0/s1. The monoisotopic (exact) mass is 1290 g/mol. The lowest BCUT2D eigenvalue weighted by Gasteiger charge is -2.37. The molecule has 0 aliphatic carbocycles. The number of aryl methyl sites for hydroxylation is 1. The number of ether oxygens (including phenoxy) is 5. The fourth-order valence-electron chi connectivity index (χ4n) is 9.93. The van der Waals surface area contributed by atoms with Crippen LogP contribution < -0.4 is 40.8 Å². The second-order valence-electron chi connectivity index (χ2n) is 20.2. The molecule has 4 heterocycles. The molecule has 0 bridgehead atoms. The van der Waals surface area contributed by atoms with E-state index in [4.69, 9.17) is 74.0 Å². The molecule has 8 atom stereocenters. The first-order chi connectivity index (χ1) is 42.9. The number of carbonyl (C=O) groups excluding carboxylic acids is 1. The molecule has 1 amide bonds. The number of phosphoric acid groups is 2. The fourth-order valence-corrected chi connectivity index (χ4v) is 13.0. The van der Waals surface area contributed by atoms with Crippen molar-refractivity contribution in [1.82, 2.24) is 19.1 Å². The molecule has 0 spiro atoms. The van der Waals surface area contributed by atoms with Crippen molar-refractivity contribution in [2.45, 2.75) is 68.7 Å². The van der Waals surface area contributed by atoms with Crippen LogP contribution in [-0.4, -0.2) is 83.5 Å². The van der Waals surface area contributed by atoms with E-state index in [2.05, 4.69) is 15.3 Å². The van der Waals surface area contributed by atoms with Crippen molar-refractivity contribution in [2.75, 3.05) is 39.4 Å². The molecule has 8 aromatic rings. The second kappa shape index (κ2) is 28.5. The maximum absolute atomic E-state index is 15.9. The number of phosphoric ester groups is 2. The second-order valence-corrected chi connectivity index (χ2v) is 24.1. The van der Waals surface area contributed by atoms with E-state index in [1.807, 2.05) is 60.7 Å². The van der Waals surface area contributed by atoms with Gasteiger partial charge in [-0.25, -0.2) is 18.7 Å². The minimum Gasteiger partial charge on any atom is -0.497 e. The summed E-state index contributed by atoms with van der Waals surface area (Å²) in [6.07, 6.45) is -5.98. The molecule has 23 nitrogen and oxygen atoms in total. The van der Waals surface area contributed by atoms with Gasteiger partial charge in [0, 0.05) is 46.4 Å². The summed E-state index contributed by atoms with van der Waals surface area (Å²) in [5.41, 5.74) is -1.26. The van der Waals surface area contributed by atoms with Crippen LogP contribution >= 0.6 is 38.8 Å². The molecule has 27 heteroatoms. The normalized spacial score (nSPS) is 19.5. The van der Waals surface area contributed by atoms with E-state index >= 15 is 4.57 Å². The van der Waals surface area contributed by atoms with E-state index in [0.717, 1.165) is 4.57 Å². The van der Waals surface area contributed by atoms with E-state index in [-0.39, 0.29) is 48.7 Å². The Morgan fingerprint density at radius 2 is 1.17 bits per heavy atom. The van der Waals surface area contributed by atoms with Crippen LogP contribution in [0.2, 0.25) is 10.0 Å². The van der Waals surface area contributed by atoms with Crippen LogP contribution in [0.5, 0.6) is 23.0 Å². The first-order valence-corrected chi connectivity index (χ1v) is 31.3. The fraction of sp³-hybridized carbons (Fsp3) is 0.258. The van der Waals surface area contributed by atoms with Gasteiger partial charge in [0.05, 0.1) is 46.5 Å². The highest BCUT2D eigenvalue weighted by molar-refractivity contribution is 7.49. The minimum atomic E-state index is -5.09. The third-order valence-electron chi connectivity index (χ3n) is 14.3. The van der Waals surface area contributed by atoms with Crippen LogP contribution in [-0.2, 0) is 47.0 Å².